The fourth-order valence-electron chi connectivity index (χ4n) is 8.75. The van der Waals surface area contributed by atoms with Gasteiger partial charge in [0.15, 0.2) is 0 Å². The maximum atomic E-state index is 2.48. The van der Waals surface area contributed by atoms with Crippen molar-refractivity contribution < 1.29 is 0 Å². The van der Waals surface area contributed by atoms with Crippen molar-refractivity contribution in [2.45, 2.75) is 0 Å². The molecule has 1 aliphatic heterocycles. The van der Waals surface area contributed by atoms with E-state index in [2.05, 4.69) is 193 Å². The van der Waals surface area contributed by atoms with Gasteiger partial charge in [-0.1, -0.05) is 170 Å². The summed E-state index contributed by atoms with van der Waals surface area (Å²) in [6.45, 7) is 0. The highest BCUT2D eigenvalue weighted by Gasteiger charge is 2.24. The Morgan fingerprint density at radius 1 is 0.275 bits per heavy atom. The molecule has 0 radical (unpaired) electrons. The molecule has 0 fully saturated rings. The van der Waals surface area contributed by atoms with E-state index >= 15 is 0 Å². The Balaban J connectivity index is 1.10. The monoisotopic (exact) mass is 645 g/mol. The van der Waals surface area contributed by atoms with E-state index in [0.29, 0.717) is 0 Å². The summed E-state index contributed by atoms with van der Waals surface area (Å²) in [7, 11) is 0. The van der Waals surface area contributed by atoms with Crippen molar-refractivity contribution in [3.63, 3.8) is 0 Å². The number of hydrogen-bond acceptors (Lipinski definition) is 0. The van der Waals surface area contributed by atoms with Crippen LogP contribution in [0.2, 0.25) is 0 Å². The predicted octanol–water partition coefficient (Wildman–Crippen LogP) is 13.7. The standard InChI is InChI=1S/C50H31N/c1-2-13-33(14-3-1)48-39-18-6-8-20-41(39)49(42-21-9-7-19-40(42)48)34-27-25-32(26-28-34)35-29-30-47-45(31-35)37-16-5-4-15-36(37)43-22-12-23-44-38-17-10-11-24-46(38)51(47)50(43)44/h1-31H. The van der Waals surface area contributed by atoms with Crippen LogP contribution in [0.25, 0.3) is 105 Å². The predicted molar refractivity (Wildman–Crippen MR) is 217 cm³/mol. The molecule has 0 N–H and O–H groups in total. The van der Waals surface area contributed by atoms with Crippen LogP contribution in [-0.4, -0.2) is 4.57 Å². The lowest BCUT2D eigenvalue weighted by atomic mass is 9.85. The Kier molecular flexibility index (Phi) is 6.02. The van der Waals surface area contributed by atoms with Gasteiger partial charge in [0.2, 0.25) is 0 Å². The first-order chi connectivity index (χ1) is 25.3. The van der Waals surface area contributed by atoms with Crippen LogP contribution in [0.3, 0.4) is 0 Å². The van der Waals surface area contributed by atoms with Crippen LogP contribution >= 0.6 is 0 Å². The van der Waals surface area contributed by atoms with E-state index in [4.69, 9.17) is 0 Å². The first-order valence-corrected chi connectivity index (χ1v) is 17.7. The Labute approximate surface area is 296 Å². The van der Waals surface area contributed by atoms with Crippen LogP contribution in [-0.2, 0) is 0 Å². The summed E-state index contributed by atoms with van der Waals surface area (Å²) in [5.74, 6) is 0. The molecular formula is C50H31N. The lowest BCUT2D eigenvalue weighted by Crippen LogP contribution is -1.96. The summed E-state index contributed by atoms with van der Waals surface area (Å²) in [5, 5.41) is 7.68. The van der Waals surface area contributed by atoms with Crippen molar-refractivity contribution in [1.29, 1.82) is 0 Å². The molecule has 0 saturated heterocycles. The van der Waals surface area contributed by atoms with Crippen molar-refractivity contribution >= 4 is 43.4 Å². The van der Waals surface area contributed by atoms with Crippen molar-refractivity contribution in [2.75, 3.05) is 0 Å². The minimum atomic E-state index is 1.21. The molecule has 0 saturated carbocycles. The molecule has 51 heavy (non-hydrogen) atoms. The fourth-order valence-corrected chi connectivity index (χ4v) is 8.75. The third kappa shape index (κ3) is 4.09. The molecule has 1 nitrogen and oxygen atoms in total. The molecule has 0 amide bonds. The number of rotatable bonds is 3. The molecule has 11 rings (SSSR count). The van der Waals surface area contributed by atoms with Gasteiger partial charge in [-0.3, -0.25) is 0 Å². The van der Waals surface area contributed by atoms with E-state index in [1.165, 1.54) is 105 Å². The zero-order valence-corrected chi connectivity index (χ0v) is 27.8. The third-order valence-electron chi connectivity index (χ3n) is 10.9. The molecule has 0 atom stereocenters. The third-order valence-corrected chi connectivity index (χ3v) is 10.9. The number of aromatic nitrogens is 1. The minimum absolute atomic E-state index is 1.21. The molecule has 0 aliphatic carbocycles. The van der Waals surface area contributed by atoms with Crippen molar-refractivity contribution in [2.24, 2.45) is 0 Å². The molecule has 9 aromatic carbocycles. The van der Waals surface area contributed by atoms with Crippen LogP contribution in [0.15, 0.2) is 188 Å². The summed E-state index contributed by atoms with van der Waals surface area (Å²) in [6.07, 6.45) is 0. The van der Waals surface area contributed by atoms with Gasteiger partial charge in [0.1, 0.15) is 0 Å². The van der Waals surface area contributed by atoms with E-state index in [1.807, 2.05) is 0 Å². The van der Waals surface area contributed by atoms with E-state index in [-0.39, 0.29) is 0 Å². The first-order valence-electron chi connectivity index (χ1n) is 17.7. The Morgan fingerprint density at radius 2 is 0.745 bits per heavy atom. The minimum Gasteiger partial charge on any atom is -0.308 e. The molecular weight excluding hydrogens is 615 g/mol. The van der Waals surface area contributed by atoms with Crippen molar-refractivity contribution in [1.82, 2.24) is 4.57 Å². The molecule has 0 spiro atoms. The van der Waals surface area contributed by atoms with E-state index in [9.17, 15) is 0 Å². The van der Waals surface area contributed by atoms with Crippen LogP contribution in [0.4, 0.5) is 0 Å². The van der Waals surface area contributed by atoms with Crippen molar-refractivity contribution in [3.05, 3.63) is 188 Å². The quantitative estimate of drug-likeness (QED) is 0.169. The second-order valence-corrected chi connectivity index (χ2v) is 13.6. The molecule has 236 valence electrons. The van der Waals surface area contributed by atoms with Gasteiger partial charge >= 0.3 is 0 Å². The largest absolute Gasteiger partial charge is 0.308 e. The van der Waals surface area contributed by atoms with Crippen LogP contribution in [0, 0.1) is 0 Å². The Hall–Kier alpha value is -6.70. The molecule has 1 aromatic heterocycles. The molecule has 10 aromatic rings. The van der Waals surface area contributed by atoms with E-state index in [0.717, 1.165) is 0 Å². The number of para-hydroxylation sites is 2. The SMILES string of the molecule is c1ccc(-c2c3ccccc3c(-c3ccc(-c4ccc5c(c4)-c4ccccc4-c4cccc6c7ccccc7n-5c46)cc3)c3ccccc23)cc1. The van der Waals surface area contributed by atoms with Gasteiger partial charge < -0.3 is 4.57 Å². The van der Waals surface area contributed by atoms with E-state index < -0.39 is 0 Å². The maximum absolute atomic E-state index is 2.48. The highest BCUT2D eigenvalue weighted by atomic mass is 15.0. The number of nitrogens with zero attached hydrogens (tertiary/aromatic N) is 1. The smallest absolute Gasteiger partial charge is 0.0619 e. The Bertz CT molecular complexity index is 2940. The normalized spacial score (nSPS) is 11.9. The van der Waals surface area contributed by atoms with Gasteiger partial charge in [-0.2, -0.15) is 0 Å². The highest BCUT2D eigenvalue weighted by Crippen LogP contribution is 2.48. The second kappa shape index (κ2) is 10.9. The summed E-state index contributed by atoms with van der Waals surface area (Å²) in [6, 6.07) is 69.2. The van der Waals surface area contributed by atoms with Crippen LogP contribution in [0.1, 0.15) is 0 Å². The van der Waals surface area contributed by atoms with E-state index in [1.54, 1.807) is 0 Å². The molecule has 2 heterocycles. The Morgan fingerprint density at radius 3 is 1.41 bits per heavy atom. The lowest BCUT2D eigenvalue weighted by Gasteiger charge is -2.18. The molecule has 0 unspecified atom stereocenters. The van der Waals surface area contributed by atoms with Crippen LogP contribution < -0.4 is 0 Å². The zero-order chi connectivity index (χ0) is 33.5. The summed E-state index contributed by atoms with van der Waals surface area (Å²) in [5.41, 5.74) is 16.3. The van der Waals surface area contributed by atoms with Gasteiger partial charge in [0.25, 0.3) is 0 Å². The topological polar surface area (TPSA) is 4.93 Å². The number of benzene rings is 9. The maximum Gasteiger partial charge on any atom is 0.0619 e. The van der Waals surface area contributed by atoms with Gasteiger partial charge in [0, 0.05) is 21.9 Å². The molecule has 1 aliphatic rings. The van der Waals surface area contributed by atoms with Crippen molar-refractivity contribution in [3.8, 4) is 61.3 Å². The van der Waals surface area contributed by atoms with Gasteiger partial charge in [-0.15, -0.1) is 0 Å². The average molecular weight is 646 g/mol. The number of hydrogen-bond donors (Lipinski definition) is 0. The van der Waals surface area contributed by atoms with Gasteiger partial charge in [-0.25, -0.2) is 0 Å². The van der Waals surface area contributed by atoms with Crippen LogP contribution in [0.5, 0.6) is 0 Å². The number of fused-ring (bicyclic) bond motifs is 10. The lowest BCUT2D eigenvalue weighted by molar-refractivity contribution is 1.19. The highest BCUT2D eigenvalue weighted by molar-refractivity contribution is 6.21. The first kappa shape index (κ1) is 28.2. The average Bonchev–Trinajstić information content (AvgIpc) is 3.48. The molecule has 1 heteroatoms. The zero-order valence-electron chi connectivity index (χ0n) is 27.8. The van der Waals surface area contributed by atoms with Gasteiger partial charge in [0.05, 0.1) is 16.7 Å². The summed E-state index contributed by atoms with van der Waals surface area (Å²) in [4.78, 5) is 0. The fraction of sp³-hybridized carbons (Fsp3) is 0. The molecule has 0 bridgehead atoms. The second-order valence-electron chi connectivity index (χ2n) is 13.6. The summed E-state index contributed by atoms with van der Waals surface area (Å²) >= 11 is 0. The van der Waals surface area contributed by atoms with Gasteiger partial charge in [-0.05, 0) is 84.3 Å². The summed E-state index contributed by atoms with van der Waals surface area (Å²) < 4.78 is 2.48.